The quantitative estimate of drug-likeness (QED) is 0.824. The number of nitrogens with zero attached hydrogens (tertiary/aromatic N) is 2. The van der Waals surface area contributed by atoms with E-state index in [0.717, 1.165) is 16.7 Å². The summed E-state index contributed by atoms with van der Waals surface area (Å²) in [5, 5.41) is 10.3. The summed E-state index contributed by atoms with van der Waals surface area (Å²) in [4.78, 5) is 26.3. The van der Waals surface area contributed by atoms with Gasteiger partial charge in [-0.25, -0.2) is 0 Å². The molecule has 1 aromatic rings. The van der Waals surface area contributed by atoms with Crippen LogP contribution in [0.5, 0.6) is 0 Å². The molecule has 0 radical (unpaired) electrons. The molecule has 1 aliphatic rings. The summed E-state index contributed by atoms with van der Waals surface area (Å²) in [6.45, 7) is 5.00. The lowest BCUT2D eigenvalue weighted by atomic mass is 10.0. The fourth-order valence-electron chi connectivity index (χ4n) is 2.37. The fourth-order valence-corrected chi connectivity index (χ4v) is 2.37. The molecule has 1 saturated heterocycles. The molecular weight excluding hydrogens is 256 g/mol. The molecule has 5 heteroatoms. The van der Waals surface area contributed by atoms with Crippen molar-refractivity contribution in [2.75, 3.05) is 26.7 Å². The minimum Gasteiger partial charge on any atom is -0.387 e. The zero-order valence-corrected chi connectivity index (χ0v) is 12.1. The Morgan fingerprint density at radius 1 is 1.20 bits per heavy atom. The molecule has 1 aromatic carbocycles. The van der Waals surface area contributed by atoms with Crippen LogP contribution in [0.4, 0.5) is 0 Å². The van der Waals surface area contributed by atoms with E-state index in [4.69, 9.17) is 0 Å². The van der Waals surface area contributed by atoms with Gasteiger partial charge in [0, 0.05) is 20.1 Å². The van der Waals surface area contributed by atoms with Crippen LogP contribution in [-0.4, -0.2) is 53.4 Å². The number of β-amino-alcohol motifs (C(OH)–C–C–N with tert-alkyl or cyclic N) is 1. The van der Waals surface area contributed by atoms with E-state index in [-0.39, 0.29) is 6.54 Å². The average molecular weight is 276 g/mol. The maximum atomic E-state index is 11.9. The number of carbonyl (C=O) groups excluding carboxylic acids is 2. The average Bonchev–Trinajstić information content (AvgIpc) is 2.42. The normalized spacial score (nSPS) is 17.6. The van der Waals surface area contributed by atoms with Gasteiger partial charge in [-0.15, -0.1) is 0 Å². The first-order valence-corrected chi connectivity index (χ1v) is 6.69. The molecule has 1 unspecified atom stereocenters. The molecule has 5 nitrogen and oxygen atoms in total. The van der Waals surface area contributed by atoms with Gasteiger partial charge in [0.05, 0.1) is 12.6 Å². The number of aryl methyl sites for hydroxylation is 2. The second-order valence-electron chi connectivity index (χ2n) is 5.35. The monoisotopic (exact) mass is 276 g/mol. The molecule has 0 bridgehead atoms. The van der Waals surface area contributed by atoms with Crippen molar-refractivity contribution < 1.29 is 14.7 Å². The fraction of sp³-hybridized carbons (Fsp3) is 0.467. The van der Waals surface area contributed by atoms with Crippen molar-refractivity contribution in [3.8, 4) is 0 Å². The molecule has 0 aliphatic carbocycles. The highest BCUT2D eigenvalue weighted by molar-refractivity contribution is 6.35. The summed E-state index contributed by atoms with van der Waals surface area (Å²) in [7, 11) is 1.61. The third-order valence-corrected chi connectivity index (χ3v) is 3.71. The highest BCUT2D eigenvalue weighted by Crippen LogP contribution is 2.21. The smallest absolute Gasteiger partial charge is 0.312 e. The first kappa shape index (κ1) is 14.5. The third kappa shape index (κ3) is 2.82. The molecular formula is C15H20N2O3. The van der Waals surface area contributed by atoms with Crippen LogP contribution >= 0.6 is 0 Å². The maximum absolute atomic E-state index is 11.9. The summed E-state index contributed by atoms with van der Waals surface area (Å²) in [5.41, 5.74) is 2.85. The maximum Gasteiger partial charge on any atom is 0.312 e. The van der Waals surface area contributed by atoms with Crippen molar-refractivity contribution in [3.63, 3.8) is 0 Å². The molecule has 1 N–H and O–H groups in total. The summed E-state index contributed by atoms with van der Waals surface area (Å²) >= 11 is 0. The standard InChI is InChI=1S/C15H20N2O3/c1-10-4-5-11(2)12(8-10)13(18)9-17-7-6-16(3)14(19)15(17)20/h4-5,8,13,18H,6-7,9H2,1-3H3. The van der Waals surface area contributed by atoms with Crippen molar-refractivity contribution in [2.45, 2.75) is 20.0 Å². The molecule has 0 spiro atoms. The molecule has 1 heterocycles. The number of hydrogen-bond acceptors (Lipinski definition) is 3. The van der Waals surface area contributed by atoms with Crippen LogP contribution in [0.1, 0.15) is 22.8 Å². The Labute approximate surface area is 118 Å². The van der Waals surface area contributed by atoms with Gasteiger partial charge in [-0.3, -0.25) is 9.59 Å². The Morgan fingerprint density at radius 3 is 2.60 bits per heavy atom. The molecule has 0 saturated carbocycles. The van der Waals surface area contributed by atoms with Crippen molar-refractivity contribution in [1.82, 2.24) is 9.80 Å². The van der Waals surface area contributed by atoms with Gasteiger partial charge in [0.25, 0.3) is 0 Å². The van der Waals surface area contributed by atoms with E-state index in [1.165, 1.54) is 9.80 Å². The highest BCUT2D eigenvalue weighted by Gasteiger charge is 2.31. The molecule has 2 amide bonds. The van der Waals surface area contributed by atoms with Gasteiger partial charge in [0.2, 0.25) is 0 Å². The van der Waals surface area contributed by atoms with Gasteiger partial charge in [-0.2, -0.15) is 0 Å². The molecule has 2 rings (SSSR count). The lowest BCUT2D eigenvalue weighted by molar-refractivity contribution is -0.155. The second-order valence-corrected chi connectivity index (χ2v) is 5.35. The van der Waals surface area contributed by atoms with Crippen molar-refractivity contribution in [3.05, 3.63) is 34.9 Å². The molecule has 20 heavy (non-hydrogen) atoms. The van der Waals surface area contributed by atoms with E-state index < -0.39 is 17.9 Å². The number of rotatable bonds is 3. The predicted octanol–water partition coefficient (Wildman–Crippen LogP) is 0.637. The van der Waals surface area contributed by atoms with Crippen LogP contribution in [0.25, 0.3) is 0 Å². The van der Waals surface area contributed by atoms with Crippen LogP contribution in [-0.2, 0) is 9.59 Å². The molecule has 0 aromatic heterocycles. The van der Waals surface area contributed by atoms with Crippen LogP contribution in [0.15, 0.2) is 18.2 Å². The van der Waals surface area contributed by atoms with E-state index in [0.29, 0.717) is 13.1 Å². The SMILES string of the molecule is Cc1ccc(C)c(C(O)CN2CCN(C)C(=O)C2=O)c1. The number of hydrogen-bond donors (Lipinski definition) is 1. The van der Waals surface area contributed by atoms with Crippen LogP contribution in [0.3, 0.4) is 0 Å². The molecule has 1 atom stereocenters. The minimum atomic E-state index is -0.768. The van der Waals surface area contributed by atoms with Gasteiger partial charge >= 0.3 is 11.8 Å². The topological polar surface area (TPSA) is 60.9 Å². The number of aliphatic hydroxyl groups excluding tert-OH is 1. The highest BCUT2D eigenvalue weighted by atomic mass is 16.3. The first-order chi connectivity index (χ1) is 9.40. The number of carbonyl (C=O) groups is 2. The minimum absolute atomic E-state index is 0.155. The van der Waals surface area contributed by atoms with Crippen molar-refractivity contribution in [2.24, 2.45) is 0 Å². The number of aliphatic hydroxyl groups is 1. The Kier molecular flexibility index (Phi) is 4.09. The van der Waals surface area contributed by atoms with Gasteiger partial charge in [0.1, 0.15) is 0 Å². The first-order valence-electron chi connectivity index (χ1n) is 6.69. The molecule has 1 fully saturated rings. The Balaban J connectivity index is 2.11. The Bertz CT molecular complexity index is 542. The van der Waals surface area contributed by atoms with Crippen LogP contribution < -0.4 is 0 Å². The number of amides is 2. The summed E-state index contributed by atoms with van der Waals surface area (Å²) in [6.07, 6.45) is -0.768. The summed E-state index contributed by atoms with van der Waals surface area (Å²) < 4.78 is 0. The Hall–Kier alpha value is -1.88. The van der Waals surface area contributed by atoms with Gasteiger partial charge in [-0.05, 0) is 25.0 Å². The summed E-state index contributed by atoms with van der Waals surface area (Å²) in [5.74, 6) is -1.05. The number of likely N-dealkylation sites (N-methyl/N-ethyl adjacent to an activating group) is 1. The van der Waals surface area contributed by atoms with E-state index in [1.807, 2.05) is 32.0 Å². The van der Waals surface area contributed by atoms with E-state index >= 15 is 0 Å². The number of piperazine rings is 1. The number of benzene rings is 1. The van der Waals surface area contributed by atoms with E-state index in [1.54, 1.807) is 7.05 Å². The zero-order valence-electron chi connectivity index (χ0n) is 12.1. The second kappa shape index (κ2) is 5.63. The Morgan fingerprint density at radius 2 is 1.90 bits per heavy atom. The lowest BCUT2D eigenvalue weighted by Gasteiger charge is -2.33. The van der Waals surface area contributed by atoms with Gasteiger partial charge in [0.15, 0.2) is 0 Å². The van der Waals surface area contributed by atoms with Crippen LogP contribution in [0.2, 0.25) is 0 Å². The van der Waals surface area contributed by atoms with E-state index in [9.17, 15) is 14.7 Å². The van der Waals surface area contributed by atoms with Gasteiger partial charge in [-0.1, -0.05) is 23.8 Å². The molecule has 108 valence electrons. The zero-order chi connectivity index (χ0) is 14.9. The van der Waals surface area contributed by atoms with Crippen LogP contribution in [0, 0.1) is 13.8 Å². The largest absolute Gasteiger partial charge is 0.387 e. The van der Waals surface area contributed by atoms with Crippen molar-refractivity contribution in [1.29, 1.82) is 0 Å². The van der Waals surface area contributed by atoms with E-state index in [2.05, 4.69) is 0 Å². The van der Waals surface area contributed by atoms with Gasteiger partial charge < -0.3 is 14.9 Å². The molecule has 1 aliphatic heterocycles. The van der Waals surface area contributed by atoms with Crippen molar-refractivity contribution >= 4 is 11.8 Å². The lowest BCUT2D eigenvalue weighted by Crippen LogP contribution is -2.53. The summed E-state index contributed by atoms with van der Waals surface area (Å²) in [6, 6.07) is 5.85. The predicted molar refractivity (Wildman–Crippen MR) is 75.1 cm³/mol. The third-order valence-electron chi connectivity index (χ3n) is 3.71.